The molecule has 1 aromatic heterocycles. The summed E-state index contributed by atoms with van der Waals surface area (Å²) in [6.07, 6.45) is -8.59. The van der Waals surface area contributed by atoms with E-state index in [2.05, 4.69) is 0 Å². The SMILES string of the molecule is COc1c(O)cc2oc(-c3ccc(O)cc3O)c(O[C@@H]3O[C@H](CO)[C@@H](O)[C@H](O)[C@@H]3O)c(=O)c2c1O. The molecule has 35 heavy (non-hydrogen) atoms. The highest BCUT2D eigenvalue weighted by Gasteiger charge is 2.45. The fourth-order valence-corrected chi connectivity index (χ4v) is 3.76. The molecule has 1 saturated heterocycles. The summed E-state index contributed by atoms with van der Waals surface area (Å²) >= 11 is 0. The van der Waals surface area contributed by atoms with Gasteiger partial charge in [-0.15, -0.1) is 0 Å². The number of phenolic OH excluding ortho intramolecular Hbond substituents is 4. The minimum absolute atomic E-state index is 0.170. The van der Waals surface area contributed by atoms with Crippen LogP contribution >= 0.6 is 0 Å². The van der Waals surface area contributed by atoms with Crippen LogP contribution in [0.2, 0.25) is 0 Å². The molecule has 1 aliphatic rings. The van der Waals surface area contributed by atoms with Crippen LogP contribution in [0.3, 0.4) is 0 Å². The quantitative estimate of drug-likeness (QED) is 0.224. The Morgan fingerprint density at radius 1 is 0.943 bits per heavy atom. The molecule has 0 amide bonds. The number of rotatable bonds is 5. The van der Waals surface area contributed by atoms with Gasteiger partial charge in [0.2, 0.25) is 23.2 Å². The third kappa shape index (κ3) is 4.05. The molecule has 5 atom stereocenters. The Balaban J connectivity index is 1.96. The van der Waals surface area contributed by atoms with Gasteiger partial charge < -0.3 is 59.5 Å². The van der Waals surface area contributed by atoms with Crippen molar-refractivity contribution in [2.24, 2.45) is 0 Å². The summed E-state index contributed by atoms with van der Waals surface area (Å²) in [7, 11) is 1.14. The fourth-order valence-electron chi connectivity index (χ4n) is 3.76. The van der Waals surface area contributed by atoms with Crippen molar-refractivity contribution in [1.82, 2.24) is 0 Å². The number of hydrogen-bond acceptors (Lipinski definition) is 13. The Bertz CT molecular complexity index is 1320. The Kier molecular flexibility index (Phi) is 6.36. The molecule has 2 aromatic carbocycles. The lowest BCUT2D eigenvalue weighted by Gasteiger charge is -2.39. The van der Waals surface area contributed by atoms with Crippen molar-refractivity contribution in [2.75, 3.05) is 13.7 Å². The van der Waals surface area contributed by atoms with Crippen molar-refractivity contribution >= 4 is 11.0 Å². The van der Waals surface area contributed by atoms with Crippen molar-refractivity contribution in [3.63, 3.8) is 0 Å². The first-order valence-electron chi connectivity index (χ1n) is 10.2. The van der Waals surface area contributed by atoms with Crippen LogP contribution < -0.4 is 14.9 Å². The van der Waals surface area contributed by atoms with E-state index in [-0.39, 0.29) is 16.9 Å². The molecule has 4 rings (SSSR count). The Hall–Kier alpha value is -3.75. The molecule has 1 fully saturated rings. The lowest BCUT2D eigenvalue weighted by atomic mass is 9.99. The predicted octanol–water partition coefficient (Wildman–Crippen LogP) is -0.530. The monoisotopic (exact) mass is 494 g/mol. The summed E-state index contributed by atoms with van der Waals surface area (Å²) in [6, 6.07) is 4.27. The van der Waals surface area contributed by atoms with Crippen LogP contribution in [0.1, 0.15) is 0 Å². The predicted molar refractivity (Wildman–Crippen MR) is 116 cm³/mol. The van der Waals surface area contributed by atoms with Crippen LogP contribution in [0.15, 0.2) is 33.5 Å². The van der Waals surface area contributed by atoms with Crippen molar-refractivity contribution < 1.29 is 59.5 Å². The Labute approximate surface area is 195 Å². The Morgan fingerprint density at radius 2 is 1.66 bits per heavy atom. The van der Waals surface area contributed by atoms with E-state index in [0.29, 0.717) is 0 Å². The normalized spacial score (nSPS) is 24.4. The second-order valence-corrected chi connectivity index (χ2v) is 7.76. The van der Waals surface area contributed by atoms with E-state index >= 15 is 0 Å². The Morgan fingerprint density at radius 3 is 2.29 bits per heavy atom. The van der Waals surface area contributed by atoms with Crippen LogP contribution in [0.5, 0.6) is 34.5 Å². The standard InChI is InChI=1S/C22H22O13/c1-32-20-10(26)5-11-13(15(20)28)16(29)21(19(33-11)8-3-2-7(24)4-9(8)25)35-22-18(31)17(30)14(27)12(6-23)34-22/h2-5,12,14,17-18,22-28,30-31H,6H2,1H3/t12-,14-,17+,18+,22+/m1/s1. The maximum atomic E-state index is 13.5. The number of benzene rings is 2. The van der Waals surface area contributed by atoms with Crippen molar-refractivity contribution in [2.45, 2.75) is 30.7 Å². The van der Waals surface area contributed by atoms with Gasteiger partial charge in [-0.3, -0.25) is 4.79 Å². The number of fused-ring (bicyclic) bond motifs is 1. The van der Waals surface area contributed by atoms with Crippen LogP contribution in [-0.2, 0) is 4.74 Å². The molecule has 0 bridgehead atoms. The van der Waals surface area contributed by atoms with Crippen LogP contribution in [0.4, 0.5) is 0 Å². The summed E-state index contributed by atoms with van der Waals surface area (Å²) in [5.41, 5.74) is -1.56. The lowest BCUT2D eigenvalue weighted by Crippen LogP contribution is -2.60. The minimum atomic E-state index is -1.90. The van der Waals surface area contributed by atoms with Crippen LogP contribution in [0.25, 0.3) is 22.3 Å². The maximum absolute atomic E-state index is 13.5. The van der Waals surface area contributed by atoms with Gasteiger partial charge in [0.05, 0.1) is 19.3 Å². The number of aliphatic hydroxyl groups is 4. The van der Waals surface area contributed by atoms with E-state index in [1.807, 2.05) is 0 Å². The molecule has 2 heterocycles. The highest BCUT2D eigenvalue weighted by atomic mass is 16.7. The average molecular weight is 494 g/mol. The van der Waals surface area contributed by atoms with E-state index < -0.39 is 82.6 Å². The van der Waals surface area contributed by atoms with Gasteiger partial charge in [0.1, 0.15) is 46.9 Å². The van der Waals surface area contributed by atoms with Gasteiger partial charge in [0.25, 0.3) is 0 Å². The zero-order valence-electron chi connectivity index (χ0n) is 18.0. The fraction of sp³-hybridized carbons (Fsp3) is 0.318. The van der Waals surface area contributed by atoms with Gasteiger partial charge in [-0.2, -0.15) is 0 Å². The molecule has 0 aliphatic carbocycles. The second-order valence-electron chi connectivity index (χ2n) is 7.76. The van der Waals surface area contributed by atoms with Gasteiger partial charge in [0.15, 0.2) is 17.3 Å². The number of aromatic hydroxyl groups is 4. The maximum Gasteiger partial charge on any atom is 0.239 e. The summed E-state index contributed by atoms with van der Waals surface area (Å²) in [5.74, 6) is -3.84. The highest BCUT2D eigenvalue weighted by Crippen LogP contribution is 2.45. The molecule has 0 saturated carbocycles. The summed E-state index contributed by atoms with van der Waals surface area (Å²) < 4.78 is 21.4. The highest BCUT2D eigenvalue weighted by molar-refractivity contribution is 5.91. The van der Waals surface area contributed by atoms with Crippen molar-refractivity contribution in [3.05, 3.63) is 34.5 Å². The molecule has 0 spiro atoms. The van der Waals surface area contributed by atoms with E-state index in [4.69, 9.17) is 18.6 Å². The zero-order chi connectivity index (χ0) is 25.6. The smallest absolute Gasteiger partial charge is 0.239 e. The molecular formula is C22H22O13. The summed E-state index contributed by atoms with van der Waals surface area (Å²) in [6.45, 7) is -0.764. The third-order valence-corrected chi connectivity index (χ3v) is 5.56. The van der Waals surface area contributed by atoms with E-state index in [1.54, 1.807) is 0 Å². The first-order chi connectivity index (χ1) is 16.6. The van der Waals surface area contributed by atoms with E-state index in [1.165, 1.54) is 12.1 Å². The van der Waals surface area contributed by atoms with Crippen LogP contribution in [-0.4, -0.2) is 85.3 Å². The van der Waals surface area contributed by atoms with E-state index in [9.17, 15) is 45.6 Å². The topological polar surface area (TPSA) is 220 Å². The molecule has 0 radical (unpaired) electrons. The minimum Gasteiger partial charge on any atom is -0.508 e. The molecule has 13 heteroatoms. The van der Waals surface area contributed by atoms with Gasteiger partial charge in [-0.05, 0) is 12.1 Å². The largest absolute Gasteiger partial charge is 0.508 e. The molecule has 188 valence electrons. The van der Waals surface area contributed by atoms with Gasteiger partial charge in [-0.25, -0.2) is 0 Å². The van der Waals surface area contributed by atoms with Gasteiger partial charge >= 0.3 is 0 Å². The number of aliphatic hydroxyl groups excluding tert-OH is 4. The van der Waals surface area contributed by atoms with Crippen molar-refractivity contribution in [3.8, 4) is 45.8 Å². The lowest BCUT2D eigenvalue weighted by molar-refractivity contribution is -0.277. The first-order valence-corrected chi connectivity index (χ1v) is 10.2. The first kappa shape index (κ1) is 24.4. The van der Waals surface area contributed by atoms with Gasteiger partial charge in [0, 0.05) is 12.1 Å². The second kappa shape index (κ2) is 9.13. The number of hydrogen-bond donors (Lipinski definition) is 8. The molecule has 8 N–H and O–H groups in total. The van der Waals surface area contributed by atoms with Crippen LogP contribution in [0, 0.1) is 0 Å². The average Bonchev–Trinajstić information content (AvgIpc) is 2.81. The number of methoxy groups -OCH3 is 1. The third-order valence-electron chi connectivity index (χ3n) is 5.56. The number of ether oxygens (including phenoxy) is 3. The molecular weight excluding hydrogens is 472 g/mol. The molecule has 3 aromatic rings. The van der Waals surface area contributed by atoms with Gasteiger partial charge in [-0.1, -0.05) is 0 Å². The number of phenols is 4. The summed E-state index contributed by atoms with van der Waals surface area (Å²) in [5, 5.41) is 80.0. The molecule has 1 aliphatic heterocycles. The summed E-state index contributed by atoms with van der Waals surface area (Å²) in [4.78, 5) is 13.5. The molecule has 0 unspecified atom stereocenters. The van der Waals surface area contributed by atoms with Crippen molar-refractivity contribution in [1.29, 1.82) is 0 Å². The molecule has 13 nitrogen and oxygen atoms in total. The van der Waals surface area contributed by atoms with E-state index in [0.717, 1.165) is 19.2 Å². The zero-order valence-corrected chi connectivity index (χ0v) is 18.0.